The van der Waals surface area contributed by atoms with Crippen molar-refractivity contribution in [3.05, 3.63) is 94.9 Å². The first-order valence-corrected chi connectivity index (χ1v) is 9.62. The Balaban J connectivity index is 1.58. The fourth-order valence-electron chi connectivity index (χ4n) is 3.52. The fraction of sp³-hybridized carbons (Fsp3) is 0.130. The van der Waals surface area contributed by atoms with Crippen LogP contribution in [0.2, 0.25) is 0 Å². The molecule has 1 atom stereocenters. The minimum Gasteiger partial charge on any atom is -0.469 e. The average Bonchev–Trinajstić information content (AvgIpc) is 3.32. The third-order valence-corrected chi connectivity index (χ3v) is 5.11. The Bertz CT molecular complexity index is 1130. The highest BCUT2D eigenvalue weighted by atomic mass is 16.3. The van der Waals surface area contributed by atoms with Gasteiger partial charge in [-0.25, -0.2) is 0 Å². The van der Waals surface area contributed by atoms with Crippen LogP contribution in [0.1, 0.15) is 42.4 Å². The number of fused-ring (bicyclic) bond motifs is 1. The number of carbonyl (C=O) groups excluding carboxylic acids is 4. The summed E-state index contributed by atoms with van der Waals surface area (Å²) in [5.41, 5.74) is 6.17. The second kappa shape index (κ2) is 8.27. The Labute approximate surface area is 177 Å². The Morgan fingerprint density at radius 3 is 2.10 bits per heavy atom. The van der Waals surface area contributed by atoms with Crippen molar-refractivity contribution < 1.29 is 23.6 Å². The minimum absolute atomic E-state index is 0.0960. The van der Waals surface area contributed by atoms with Gasteiger partial charge in [-0.05, 0) is 30.7 Å². The number of benzene rings is 2. The lowest BCUT2D eigenvalue weighted by molar-refractivity contribution is -0.125. The molecule has 0 saturated carbocycles. The van der Waals surface area contributed by atoms with Crippen molar-refractivity contribution in [3.63, 3.8) is 0 Å². The topological polar surface area (TPSA) is 109 Å². The Hall–Kier alpha value is -4.20. The predicted molar refractivity (Wildman–Crippen MR) is 110 cm³/mol. The molecule has 0 aliphatic carbocycles. The number of hydrogen-bond acceptors (Lipinski definition) is 5. The van der Waals surface area contributed by atoms with Gasteiger partial charge >= 0.3 is 0 Å². The van der Waals surface area contributed by atoms with E-state index in [2.05, 4.69) is 10.9 Å². The minimum atomic E-state index is -1.15. The summed E-state index contributed by atoms with van der Waals surface area (Å²) >= 11 is 0. The summed E-state index contributed by atoms with van der Waals surface area (Å²) in [4.78, 5) is 52.2. The van der Waals surface area contributed by atoms with E-state index in [0.717, 1.165) is 10.5 Å². The number of furan rings is 1. The van der Waals surface area contributed by atoms with Crippen LogP contribution in [-0.2, 0) is 11.2 Å². The molecule has 1 aliphatic heterocycles. The third-order valence-electron chi connectivity index (χ3n) is 5.11. The molecule has 0 radical (unpaired) electrons. The van der Waals surface area contributed by atoms with E-state index in [0.29, 0.717) is 5.76 Å². The number of nitrogens with one attached hydrogen (secondary N) is 2. The van der Waals surface area contributed by atoms with Crippen LogP contribution in [-0.4, -0.2) is 34.6 Å². The van der Waals surface area contributed by atoms with Crippen LogP contribution < -0.4 is 10.9 Å². The van der Waals surface area contributed by atoms with E-state index >= 15 is 0 Å². The van der Waals surface area contributed by atoms with Gasteiger partial charge in [0.25, 0.3) is 23.6 Å². The van der Waals surface area contributed by atoms with Gasteiger partial charge in [0, 0.05) is 6.42 Å². The standard InChI is InChI=1S/C23H19N3O5/c1-14-16(11-12-31-14)20(27)24-25-21(28)19(13-15-7-3-2-4-8-15)26-22(29)17-9-5-6-10-18(17)23(26)30/h2-12,19H,13H2,1H3,(H,24,27)(H,25,28)/t19-/m0/s1. The van der Waals surface area contributed by atoms with Crippen molar-refractivity contribution >= 4 is 23.6 Å². The van der Waals surface area contributed by atoms with Crippen LogP contribution in [0, 0.1) is 6.92 Å². The number of hydrogen-bond donors (Lipinski definition) is 2. The first-order chi connectivity index (χ1) is 15.0. The second-order valence-electron chi connectivity index (χ2n) is 7.07. The molecule has 0 saturated heterocycles. The molecular weight excluding hydrogens is 398 g/mol. The molecule has 0 bridgehead atoms. The van der Waals surface area contributed by atoms with Crippen LogP contribution in [0.3, 0.4) is 0 Å². The number of carbonyl (C=O) groups is 4. The van der Waals surface area contributed by atoms with Crippen LogP contribution in [0.25, 0.3) is 0 Å². The van der Waals surface area contributed by atoms with Crippen LogP contribution >= 0.6 is 0 Å². The summed E-state index contributed by atoms with van der Waals surface area (Å²) in [6, 6.07) is 15.8. The Kier molecular flexibility index (Phi) is 5.36. The molecule has 31 heavy (non-hydrogen) atoms. The molecule has 2 N–H and O–H groups in total. The second-order valence-corrected chi connectivity index (χ2v) is 7.07. The maximum Gasteiger partial charge on any atom is 0.273 e. The Morgan fingerprint density at radius 1 is 0.903 bits per heavy atom. The van der Waals surface area contributed by atoms with E-state index in [4.69, 9.17) is 4.42 Å². The predicted octanol–water partition coefficient (Wildman–Crippen LogP) is 2.26. The van der Waals surface area contributed by atoms with Gasteiger partial charge in [0.2, 0.25) is 0 Å². The monoisotopic (exact) mass is 417 g/mol. The van der Waals surface area contributed by atoms with Gasteiger partial charge in [-0.2, -0.15) is 0 Å². The summed E-state index contributed by atoms with van der Waals surface area (Å²) in [5, 5.41) is 0. The van der Waals surface area contributed by atoms with Gasteiger partial charge in [0.05, 0.1) is 23.0 Å². The molecule has 0 fully saturated rings. The van der Waals surface area contributed by atoms with E-state index < -0.39 is 29.7 Å². The summed E-state index contributed by atoms with van der Waals surface area (Å²) in [5.74, 6) is -1.96. The number of hydrazine groups is 1. The molecule has 8 nitrogen and oxygen atoms in total. The first-order valence-electron chi connectivity index (χ1n) is 9.62. The lowest BCUT2D eigenvalue weighted by Crippen LogP contribution is -2.54. The first kappa shape index (κ1) is 20.1. The number of imide groups is 1. The quantitative estimate of drug-likeness (QED) is 0.489. The maximum absolute atomic E-state index is 13.0. The highest BCUT2D eigenvalue weighted by molar-refractivity contribution is 6.22. The molecule has 4 amide bonds. The summed E-state index contributed by atoms with van der Waals surface area (Å²) in [6.07, 6.45) is 1.46. The van der Waals surface area contributed by atoms with Crippen molar-refractivity contribution in [1.82, 2.24) is 15.8 Å². The smallest absolute Gasteiger partial charge is 0.273 e. The van der Waals surface area contributed by atoms with Crippen LogP contribution in [0.5, 0.6) is 0 Å². The van der Waals surface area contributed by atoms with Crippen molar-refractivity contribution in [2.24, 2.45) is 0 Å². The van der Waals surface area contributed by atoms with Gasteiger partial charge in [0.1, 0.15) is 11.8 Å². The zero-order valence-electron chi connectivity index (χ0n) is 16.6. The van der Waals surface area contributed by atoms with Gasteiger partial charge in [-0.3, -0.25) is 34.9 Å². The average molecular weight is 417 g/mol. The molecule has 0 unspecified atom stereocenters. The van der Waals surface area contributed by atoms with Crippen molar-refractivity contribution in [3.8, 4) is 0 Å². The fourth-order valence-corrected chi connectivity index (χ4v) is 3.52. The summed E-state index contributed by atoms with van der Waals surface area (Å²) < 4.78 is 5.09. The molecule has 8 heteroatoms. The highest BCUT2D eigenvalue weighted by Gasteiger charge is 2.42. The molecule has 1 aromatic heterocycles. The van der Waals surface area contributed by atoms with Gasteiger partial charge < -0.3 is 4.42 Å². The highest BCUT2D eigenvalue weighted by Crippen LogP contribution is 2.26. The number of rotatable bonds is 5. The molecule has 4 rings (SSSR count). The molecule has 2 heterocycles. The zero-order chi connectivity index (χ0) is 22.0. The van der Waals surface area contributed by atoms with Crippen LogP contribution in [0.4, 0.5) is 0 Å². The van der Waals surface area contributed by atoms with Crippen molar-refractivity contribution in [2.45, 2.75) is 19.4 Å². The van der Waals surface area contributed by atoms with E-state index in [1.165, 1.54) is 12.3 Å². The maximum atomic E-state index is 13.0. The Morgan fingerprint density at radius 2 is 1.52 bits per heavy atom. The SMILES string of the molecule is Cc1occc1C(=O)NNC(=O)[C@H](Cc1ccccc1)N1C(=O)c2ccccc2C1=O. The summed E-state index contributed by atoms with van der Waals surface area (Å²) in [6.45, 7) is 1.62. The van der Waals surface area contributed by atoms with E-state index in [1.54, 1.807) is 55.5 Å². The number of amides is 4. The van der Waals surface area contributed by atoms with Gasteiger partial charge in [0.15, 0.2) is 0 Å². The van der Waals surface area contributed by atoms with E-state index in [-0.39, 0.29) is 23.1 Å². The van der Waals surface area contributed by atoms with Crippen LogP contribution in [0.15, 0.2) is 71.3 Å². The molecule has 3 aromatic rings. The van der Waals surface area contributed by atoms with Crippen molar-refractivity contribution in [2.75, 3.05) is 0 Å². The van der Waals surface area contributed by atoms with Crippen molar-refractivity contribution in [1.29, 1.82) is 0 Å². The number of aryl methyl sites for hydroxylation is 1. The largest absolute Gasteiger partial charge is 0.469 e. The molecule has 0 spiro atoms. The molecular formula is C23H19N3O5. The van der Waals surface area contributed by atoms with E-state index in [1.807, 2.05) is 6.07 Å². The van der Waals surface area contributed by atoms with E-state index in [9.17, 15) is 19.2 Å². The molecule has 156 valence electrons. The zero-order valence-corrected chi connectivity index (χ0v) is 16.6. The lowest BCUT2D eigenvalue weighted by Gasteiger charge is -2.25. The third kappa shape index (κ3) is 3.83. The molecule has 1 aliphatic rings. The molecule has 2 aromatic carbocycles. The summed E-state index contributed by atoms with van der Waals surface area (Å²) in [7, 11) is 0. The van der Waals surface area contributed by atoms with Gasteiger partial charge in [-0.1, -0.05) is 42.5 Å². The lowest BCUT2D eigenvalue weighted by atomic mass is 10.0. The normalized spacial score (nSPS) is 13.6. The number of nitrogens with zero attached hydrogens (tertiary/aromatic N) is 1. The van der Waals surface area contributed by atoms with Gasteiger partial charge in [-0.15, -0.1) is 0 Å².